The van der Waals surface area contributed by atoms with E-state index in [-0.39, 0.29) is 72.3 Å². The maximum absolute atomic E-state index is 14.5. The molecule has 24 atom stereocenters. The fraction of sp³-hybridized carbons (Fsp3) is 0.763. The Balaban J connectivity index is 0.878. The van der Waals surface area contributed by atoms with Gasteiger partial charge in [-0.15, -0.1) is 0 Å². The van der Waals surface area contributed by atoms with Crippen LogP contribution in [0.15, 0.2) is 18.2 Å². The number of aliphatic hydroxyl groups excluding tert-OH is 3. The van der Waals surface area contributed by atoms with E-state index in [4.69, 9.17) is 56.8 Å². The molecular formula is C59H86N2O21. The largest absolute Gasteiger partial charge is 0.507 e. The van der Waals surface area contributed by atoms with Gasteiger partial charge in [-0.05, 0) is 102 Å². The molecule has 2 aromatic carbocycles. The van der Waals surface area contributed by atoms with Crippen LogP contribution < -0.4 is 0 Å². The highest BCUT2D eigenvalue weighted by molar-refractivity contribution is 6.31. The minimum Gasteiger partial charge on any atom is -0.507 e. The number of nitrogens with zero attached hydrogens (tertiary/aromatic N) is 2. The monoisotopic (exact) mass is 1160 g/mol. The van der Waals surface area contributed by atoms with Gasteiger partial charge in [0.1, 0.15) is 41.7 Å². The Morgan fingerprint density at radius 2 is 0.963 bits per heavy atom. The molecule has 6 fully saturated rings. The third-order valence-corrected chi connectivity index (χ3v) is 18.1. The molecule has 0 saturated carbocycles. The molecule has 0 bridgehead atoms. The van der Waals surface area contributed by atoms with Crippen LogP contribution >= 0.6 is 0 Å². The van der Waals surface area contributed by atoms with Crippen LogP contribution in [-0.2, 0) is 56.8 Å². The number of fused-ring (bicyclic) bond motifs is 3. The summed E-state index contributed by atoms with van der Waals surface area (Å²) in [6.45, 7) is 12.5. The molecule has 0 aromatic heterocycles. The molecule has 2 aromatic rings. The van der Waals surface area contributed by atoms with Gasteiger partial charge >= 0.3 is 0 Å². The third-order valence-electron chi connectivity index (χ3n) is 18.1. The first-order valence-electron chi connectivity index (χ1n) is 29.3. The summed E-state index contributed by atoms with van der Waals surface area (Å²) < 4.78 is 77.0. The summed E-state index contributed by atoms with van der Waals surface area (Å²) in [5.41, 5.74) is -3.81. The number of phenolic OH excluding ortho intramolecular Hbond substituents is 3. The van der Waals surface area contributed by atoms with E-state index in [9.17, 15) is 45.3 Å². The van der Waals surface area contributed by atoms with Crippen molar-refractivity contribution in [1.82, 2.24) is 9.80 Å². The van der Waals surface area contributed by atoms with Crippen molar-refractivity contribution in [3.63, 3.8) is 0 Å². The van der Waals surface area contributed by atoms with Gasteiger partial charge in [0.15, 0.2) is 43.5 Å². The summed E-state index contributed by atoms with van der Waals surface area (Å²) in [5, 5.41) is 80.5. The van der Waals surface area contributed by atoms with Gasteiger partial charge < -0.3 is 102 Å². The summed E-state index contributed by atoms with van der Waals surface area (Å²) in [6.07, 6.45) is -11.0. The molecule has 6 saturated heterocycles. The maximum atomic E-state index is 14.5. The number of carbonyl (C=O) groups excluding carboxylic acids is 2. The minimum atomic E-state index is -1.92. The lowest BCUT2D eigenvalue weighted by Crippen LogP contribution is -2.58. The molecule has 82 heavy (non-hydrogen) atoms. The van der Waals surface area contributed by atoms with Crippen molar-refractivity contribution in [2.24, 2.45) is 0 Å². The summed E-state index contributed by atoms with van der Waals surface area (Å²) in [5.74, 6) is -3.65. The molecule has 2 aliphatic carbocycles. The summed E-state index contributed by atoms with van der Waals surface area (Å²) in [4.78, 5) is 32.9. The highest BCUT2D eigenvalue weighted by Gasteiger charge is 2.54. The normalized spacial score (nSPS) is 42.7. The summed E-state index contributed by atoms with van der Waals surface area (Å²) in [7, 11) is 7.55. The van der Waals surface area contributed by atoms with Gasteiger partial charge in [-0.3, -0.25) is 9.59 Å². The van der Waals surface area contributed by atoms with E-state index in [0.717, 1.165) is 0 Å². The highest BCUT2D eigenvalue weighted by atomic mass is 16.8. The van der Waals surface area contributed by atoms with Crippen molar-refractivity contribution in [3.8, 4) is 17.2 Å². The Bertz CT molecular complexity index is 2590. The predicted octanol–water partition coefficient (Wildman–Crippen LogP) is 4.31. The van der Waals surface area contributed by atoms with E-state index in [1.165, 1.54) is 25.1 Å². The molecule has 23 nitrogen and oxygen atoms in total. The van der Waals surface area contributed by atoms with Gasteiger partial charge in [0.05, 0.1) is 89.4 Å². The molecule has 458 valence electrons. The fourth-order valence-corrected chi connectivity index (χ4v) is 13.5. The van der Waals surface area contributed by atoms with E-state index >= 15 is 0 Å². The van der Waals surface area contributed by atoms with Crippen molar-refractivity contribution < 1.29 is 102 Å². The number of aliphatic hydroxyl groups is 4. The lowest BCUT2D eigenvalue weighted by Gasteiger charge is -2.49. The third kappa shape index (κ3) is 12.3. The number of rotatable bonds is 14. The molecule has 0 spiro atoms. The number of carbonyl (C=O) groups is 2. The van der Waals surface area contributed by atoms with Gasteiger partial charge in [0, 0.05) is 73.7 Å². The topological polar surface area (TPSA) is 293 Å². The number of ether oxygens (including phenoxy) is 12. The van der Waals surface area contributed by atoms with Crippen LogP contribution in [0.3, 0.4) is 0 Å². The van der Waals surface area contributed by atoms with E-state index in [0.29, 0.717) is 38.5 Å². The molecule has 0 unspecified atom stereocenters. The second kappa shape index (κ2) is 24.7. The molecule has 6 heterocycles. The average Bonchev–Trinajstić information content (AvgIpc) is 1.73. The Morgan fingerprint density at radius 1 is 0.500 bits per heavy atom. The number of phenols is 3. The Morgan fingerprint density at radius 3 is 1.51 bits per heavy atom. The van der Waals surface area contributed by atoms with Crippen LogP contribution in [0.5, 0.6) is 17.2 Å². The second-order valence-electron chi connectivity index (χ2n) is 24.6. The molecule has 0 radical (unpaired) electrons. The molecule has 6 aliphatic heterocycles. The Hall–Kier alpha value is -3.54. The van der Waals surface area contributed by atoms with E-state index in [1.54, 1.807) is 13.8 Å². The van der Waals surface area contributed by atoms with Crippen molar-refractivity contribution >= 4 is 11.6 Å². The van der Waals surface area contributed by atoms with Crippen molar-refractivity contribution in [1.29, 1.82) is 0 Å². The van der Waals surface area contributed by atoms with Gasteiger partial charge in [-0.25, -0.2) is 0 Å². The Kier molecular flexibility index (Phi) is 18.5. The predicted molar refractivity (Wildman–Crippen MR) is 288 cm³/mol. The molecule has 23 heteroatoms. The number of hydrogen-bond donors (Lipinski definition) is 7. The lowest BCUT2D eigenvalue weighted by atomic mass is 9.72. The molecule has 8 aliphatic rings. The first kappa shape index (κ1) is 61.5. The molecular weight excluding hydrogens is 1070 g/mol. The van der Waals surface area contributed by atoms with Gasteiger partial charge in [0.25, 0.3) is 0 Å². The van der Waals surface area contributed by atoms with E-state index in [1.807, 2.05) is 65.7 Å². The SMILES string of the molecule is C[C@@H]1O[C@@H](O[C@@H]2[C@H](C)O[C@@H](O[C@H]3C[C@@](C)(O)[C@H](O[C@H]4C[C@H](N(C)C)[C@H](O[C@H]5CC[C@H](O[C@H]6CC[C@H](O)[C@H](C)O6)[C@H](C)O5)[C@H](C)O4)c4c(O)c5c(c(O)c43)C(=O)c3c(O)cccc3C5=O)C[C@@H]2N(C)C)C[C@H](O)[C@@H]1O[C@H]1CC[C@H](O)[C@H](C)O1. The minimum absolute atomic E-state index is 0.0856. The van der Waals surface area contributed by atoms with Crippen molar-refractivity contribution in [2.45, 2.75) is 260 Å². The first-order chi connectivity index (χ1) is 38.8. The maximum Gasteiger partial charge on any atom is 0.202 e. The van der Waals surface area contributed by atoms with Crippen LogP contribution in [0.25, 0.3) is 0 Å². The van der Waals surface area contributed by atoms with Crippen LogP contribution in [0.1, 0.15) is 168 Å². The van der Waals surface area contributed by atoms with E-state index in [2.05, 4.69) is 0 Å². The number of aromatic hydroxyl groups is 3. The van der Waals surface area contributed by atoms with Crippen LogP contribution in [-0.4, -0.2) is 220 Å². The van der Waals surface area contributed by atoms with Crippen LogP contribution in [0.4, 0.5) is 0 Å². The van der Waals surface area contributed by atoms with E-state index < -0.39 is 163 Å². The van der Waals surface area contributed by atoms with Crippen molar-refractivity contribution in [2.75, 3.05) is 28.2 Å². The first-order valence-corrected chi connectivity index (χ1v) is 29.3. The zero-order chi connectivity index (χ0) is 59.0. The zero-order valence-electron chi connectivity index (χ0n) is 48.8. The zero-order valence-corrected chi connectivity index (χ0v) is 48.8. The average molecular weight is 1160 g/mol. The smallest absolute Gasteiger partial charge is 0.202 e. The molecule has 10 rings (SSSR count). The quantitative estimate of drug-likeness (QED) is 0.111. The number of ketones is 2. The number of benzene rings is 2. The van der Waals surface area contributed by atoms with Crippen LogP contribution in [0.2, 0.25) is 0 Å². The van der Waals surface area contributed by atoms with Gasteiger partial charge in [0.2, 0.25) is 5.78 Å². The second-order valence-corrected chi connectivity index (χ2v) is 24.6. The highest BCUT2D eigenvalue weighted by Crippen LogP contribution is 2.57. The van der Waals surface area contributed by atoms with Crippen LogP contribution in [0, 0.1) is 0 Å². The van der Waals surface area contributed by atoms with Gasteiger partial charge in [-0.1, -0.05) is 12.1 Å². The standard InChI is InChI=1S/C59H86N2O21/c1-25-34(62)15-18-40(71-25)77-38-17-20-42(73-27(38)3)79-55-28(4)75-44(22-33(55)61(10)11)82-58-50-47(53(68)49-48(54(50)69)51(66)31-13-12-14-36(64)46(31)52(49)67)39(24-59(58,7)70)78-43-21-32(60(8)9)56(29(5)74-43)81-45-23-37(65)57(30(6)76-45)80-41-19-16-35(63)26(2)72-41/h12-14,25-30,32-35,37-45,55-58,62-65,68-70H,15-24H2,1-11H3/t25-,26-,27-,28-,29-,30-,32-,33-,34-,35-,37-,38-,39-,40-,41-,42-,43-,44-,45-,55+,56+,57+,58+,59+/m0/s1. The lowest BCUT2D eigenvalue weighted by molar-refractivity contribution is -0.330. The van der Waals surface area contributed by atoms with Crippen molar-refractivity contribution in [3.05, 3.63) is 51.6 Å². The summed E-state index contributed by atoms with van der Waals surface area (Å²) in [6, 6.07) is 3.27. The Labute approximate surface area is 478 Å². The number of hydrogen-bond acceptors (Lipinski definition) is 23. The molecule has 0 amide bonds. The number of likely N-dealkylation sites (N-methyl/N-ethyl adjacent to an activating group) is 2. The molecule has 7 N–H and O–H groups in total. The summed E-state index contributed by atoms with van der Waals surface area (Å²) >= 11 is 0. The fourth-order valence-electron chi connectivity index (χ4n) is 13.5. The van der Waals surface area contributed by atoms with Gasteiger partial charge in [-0.2, -0.15) is 0 Å².